The third-order valence-electron chi connectivity index (χ3n) is 2.33. The van der Waals surface area contributed by atoms with Crippen LogP contribution >= 0.6 is 11.6 Å². The van der Waals surface area contributed by atoms with Gasteiger partial charge in [-0.15, -0.1) is 10.2 Å². The van der Waals surface area contributed by atoms with Crippen LogP contribution in [0.4, 0.5) is 11.4 Å². The van der Waals surface area contributed by atoms with Gasteiger partial charge in [-0.2, -0.15) is 10.5 Å². The lowest BCUT2D eigenvalue weighted by molar-refractivity contribution is 0.881. The normalized spacial score (nSPS) is 10.9. The maximum absolute atomic E-state index is 9.03. The van der Waals surface area contributed by atoms with Crippen molar-refractivity contribution in [1.82, 2.24) is 20.6 Å². The smallest absolute Gasteiger partial charge is 0.216 e. The molecule has 0 atom stereocenters. The minimum atomic E-state index is 0.231. The highest BCUT2D eigenvalue weighted by Crippen LogP contribution is 2.25. The number of allylic oxidation sites excluding steroid dienone is 1. The molecule has 1 aromatic heterocycles. The average Bonchev–Trinajstić information content (AvgIpc) is 2.94. The summed E-state index contributed by atoms with van der Waals surface area (Å²) in [6, 6.07) is 7.32. The van der Waals surface area contributed by atoms with E-state index in [1.165, 1.54) is 6.20 Å². The Kier molecular flexibility index (Phi) is 3.95. The molecule has 0 aliphatic heterocycles. The minimum absolute atomic E-state index is 0.231. The largest absolute Gasteiger partial charge is 0.386 e. The van der Waals surface area contributed by atoms with Crippen LogP contribution in [0.2, 0.25) is 5.02 Å². The number of rotatable bonds is 4. The van der Waals surface area contributed by atoms with Gasteiger partial charge in [-0.25, -0.2) is 0 Å². The van der Waals surface area contributed by atoms with Crippen LogP contribution in [0.3, 0.4) is 0 Å². The van der Waals surface area contributed by atoms with Crippen molar-refractivity contribution in [2.24, 2.45) is 0 Å². The standard InChI is InChI=1S/C11H10ClN7/c1-14-10-4-8(12)2-3-9(10)15-6-7(5-13)11-16-18-19-17-11/h2-4,6,14-15H,1H3,(H,16,17,18,19). The van der Waals surface area contributed by atoms with Gasteiger partial charge in [0.05, 0.1) is 11.4 Å². The second-order valence-electron chi connectivity index (χ2n) is 3.49. The first-order valence-corrected chi connectivity index (χ1v) is 5.70. The van der Waals surface area contributed by atoms with Gasteiger partial charge in [-0.1, -0.05) is 11.6 Å². The van der Waals surface area contributed by atoms with Crippen molar-refractivity contribution in [2.45, 2.75) is 0 Å². The molecule has 1 heterocycles. The first-order chi connectivity index (χ1) is 9.24. The number of nitrogens with one attached hydrogen (secondary N) is 3. The Labute approximate surface area is 114 Å². The van der Waals surface area contributed by atoms with Crippen molar-refractivity contribution in [3.8, 4) is 6.07 Å². The molecule has 7 nitrogen and oxygen atoms in total. The van der Waals surface area contributed by atoms with E-state index in [0.717, 1.165) is 11.4 Å². The highest BCUT2D eigenvalue weighted by Gasteiger charge is 2.06. The van der Waals surface area contributed by atoms with Crippen LogP contribution in [0.1, 0.15) is 5.82 Å². The van der Waals surface area contributed by atoms with Crippen LogP contribution < -0.4 is 10.6 Å². The maximum Gasteiger partial charge on any atom is 0.216 e. The second-order valence-corrected chi connectivity index (χ2v) is 3.93. The number of H-pyrrole nitrogens is 1. The topological polar surface area (TPSA) is 102 Å². The fraction of sp³-hybridized carbons (Fsp3) is 0.0909. The van der Waals surface area contributed by atoms with Crippen molar-refractivity contribution in [1.29, 1.82) is 5.26 Å². The van der Waals surface area contributed by atoms with Crippen molar-refractivity contribution in [2.75, 3.05) is 17.7 Å². The van der Waals surface area contributed by atoms with Gasteiger partial charge in [0.15, 0.2) is 0 Å². The van der Waals surface area contributed by atoms with E-state index in [1.807, 2.05) is 6.07 Å². The zero-order valence-electron chi connectivity index (χ0n) is 9.98. The SMILES string of the molecule is CNc1cc(Cl)ccc1NC=C(C#N)c1nn[nH]n1. The number of nitriles is 1. The van der Waals surface area contributed by atoms with E-state index >= 15 is 0 Å². The fourth-order valence-corrected chi connectivity index (χ4v) is 1.59. The number of aromatic nitrogens is 4. The molecule has 19 heavy (non-hydrogen) atoms. The molecule has 8 heteroatoms. The highest BCUT2D eigenvalue weighted by atomic mass is 35.5. The number of aromatic amines is 1. The molecule has 96 valence electrons. The summed E-state index contributed by atoms with van der Waals surface area (Å²) in [4.78, 5) is 0. The van der Waals surface area contributed by atoms with E-state index in [4.69, 9.17) is 16.9 Å². The summed E-state index contributed by atoms with van der Waals surface area (Å²) in [7, 11) is 1.78. The van der Waals surface area contributed by atoms with Gasteiger partial charge in [-0.3, -0.25) is 0 Å². The summed E-state index contributed by atoms with van der Waals surface area (Å²) < 4.78 is 0. The molecule has 3 N–H and O–H groups in total. The zero-order chi connectivity index (χ0) is 13.7. The van der Waals surface area contributed by atoms with E-state index in [1.54, 1.807) is 25.2 Å². The Morgan fingerprint density at radius 2 is 2.32 bits per heavy atom. The van der Waals surface area contributed by atoms with Crippen molar-refractivity contribution < 1.29 is 0 Å². The fourth-order valence-electron chi connectivity index (χ4n) is 1.42. The Morgan fingerprint density at radius 1 is 1.47 bits per heavy atom. The summed E-state index contributed by atoms with van der Waals surface area (Å²) >= 11 is 5.90. The lowest BCUT2D eigenvalue weighted by Gasteiger charge is -2.09. The molecule has 2 aromatic rings. The number of benzene rings is 1. The number of halogens is 1. The molecular formula is C11H10ClN7. The summed E-state index contributed by atoms with van der Waals surface area (Å²) in [5.74, 6) is 0.231. The van der Waals surface area contributed by atoms with Gasteiger partial charge in [0.25, 0.3) is 0 Å². The molecule has 1 aromatic carbocycles. The summed E-state index contributed by atoms with van der Waals surface area (Å²) in [5, 5.41) is 28.8. The zero-order valence-corrected chi connectivity index (χ0v) is 10.7. The Hall–Kier alpha value is -2.59. The van der Waals surface area contributed by atoms with Crippen LogP contribution in [-0.2, 0) is 0 Å². The number of hydrogen-bond acceptors (Lipinski definition) is 6. The molecule has 0 amide bonds. The monoisotopic (exact) mass is 275 g/mol. The number of tetrazole rings is 1. The van der Waals surface area contributed by atoms with Gasteiger partial charge >= 0.3 is 0 Å². The molecule has 0 radical (unpaired) electrons. The Balaban J connectivity index is 2.24. The summed E-state index contributed by atoms with van der Waals surface area (Å²) in [6.45, 7) is 0. The number of nitrogens with zero attached hydrogens (tertiary/aromatic N) is 4. The molecule has 0 unspecified atom stereocenters. The summed E-state index contributed by atoms with van der Waals surface area (Å²) in [6.07, 6.45) is 1.51. The van der Waals surface area contributed by atoms with Gasteiger partial charge in [0.1, 0.15) is 11.6 Å². The Bertz CT molecular complexity index is 627. The van der Waals surface area contributed by atoms with E-state index in [-0.39, 0.29) is 11.4 Å². The number of anilines is 2. The van der Waals surface area contributed by atoms with Crippen molar-refractivity contribution in [3.05, 3.63) is 35.2 Å². The van der Waals surface area contributed by atoms with Gasteiger partial charge in [0.2, 0.25) is 5.82 Å². The third-order valence-corrected chi connectivity index (χ3v) is 2.56. The van der Waals surface area contributed by atoms with Crippen LogP contribution in [-0.4, -0.2) is 27.7 Å². The Morgan fingerprint density at radius 3 is 2.95 bits per heavy atom. The van der Waals surface area contributed by atoms with Gasteiger partial charge in [-0.05, 0) is 23.4 Å². The van der Waals surface area contributed by atoms with E-state index in [2.05, 4.69) is 31.3 Å². The molecule has 0 aliphatic carbocycles. The predicted octanol–water partition coefficient (Wildman–Crippen LogP) is 1.87. The minimum Gasteiger partial charge on any atom is -0.386 e. The molecular weight excluding hydrogens is 266 g/mol. The van der Waals surface area contributed by atoms with Crippen LogP contribution in [0, 0.1) is 11.3 Å². The molecule has 0 aliphatic rings. The van der Waals surface area contributed by atoms with Crippen LogP contribution in [0.15, 0.2) is 24.4 Å². The van der Waals surface area contributed by atoms with Gasteiger partial charge in [0, 0.05) is 18.3 Å². The quantitative estimate of drug-likeness (QED) is 0.736. The van der Waals surface area contributed by atoms with E-state index in [9.17, 15) is 0 Å². The average molecular weight is 276 g/mol. The first-order valence-electron chi connectivity index (χ1n) is 5.32. The molecule has 0 spiro atoms. The molecule has 0 saturated carbocycles. The molecule has 0 bridgehead atoms. The lowest BCUT2D eigenvalue weighted by Crippen LogP contribution is -1.97. The third kappa shape index (κ3) is 3.00. The molecule has 0 saturated heterocycles. The van der Waals surface area contributed by atoms with E-state index in [0.29, 0.717) is 5.02 Å². The molecule has 0 fully saturated rings. The lowest BCUT2D eigenvalue weighted by atomic mass is 10.2. The second kappa shape index (κ2) is 5.84. The van der Waals surface area contributed by atoms with Gasteiger partial charge < -0.3 is 10.6 Å². The van der Waals surface area contributed by atoms with Crippen molar-refractivity contribution in [3.63, 3.8) is 0 Å². The van der Waals surface area contributed by atoms with E-state index < -0.39 is 0 Å². The number of hydrogen-bond donors (Lipinski definition) is 3. The maximum atomic E-state index is 9.03. The highest BCUT2D eigenvalue weighted by molar-refractivity contribution is 6.31. The first kappa shape index (κ1) is 12.9. The molecule has 2 rings (SSSR count). The van der Waals surface area contributed by atoms with Crippen LogP contribution in [0.25, 0.3) is 5.57 Å². The summed E-state index contributed by atoms with van der Waals surface area (Å²) in [5.41, 5.74) is 1.86. The van der Waals surface area contributed by atoms with Crippen LogP contribution in [0.5, 0.6) is 0 Å². The predicted molar refractivity (Wildman–Crippen MR) is 72.4 cm³/mol. The van der Waals surface area contributed by atoms with Crippen molar-refractivity contribution >= 4 is 28.5 Å².